The van der Waals surface area contributed by atoms with Gasteiger partial charge in [-0.25, -0.2) is 4.79 Å². The Labute approximate surface area is 120 Å². The molecular formula is C12H15ClN2O3S. The average Bonchev–Trinajstić information content (AvgIpc) is 2.33. The van der Waals surface area contributed by atoms with Crippen LogP contribution < -0.4 is 5.32 Å². The molecule has 0 spiro atoms. The van der Waals surface area contributed by atoms with Crippen molar-refractivity contribution in [1.82, 2.24) is 10.3 Å². The van der Waals surface area contributed by atoms with Crippen molar-refractivity contribution in [2.45, 2.75) is 19.4 Å². The van der Waals surface area contributed by atoms with Crippen LogP contribution in [-0.2, 0) is 4.79 Å². The molecule has 1 amide bonds. The maximum atomic E-state index is 11.9. The Morgan fingerprint density at radius 2 is 2.26 bits per heavy atom. The molecule has 0 aliphatic rings. The minimum Gasteiger partial charge on any atom is -0.480 e. The number of pyridine rings is 1. The van der Waals surface area contributed by atoms with Crippen LogP contribution in [-0.4, -0.2) is 40.0 Å². The van der Waals surface area contributed by atoms with Crippen LogP contribution in [0.25, 0.3) is 0 Å². The lowest BCUT2D eigenvalue weighted by molar-refractivity contribution is -0.139. The van der Waals surface area contributed by atoms with Gasteiger partial charge in [-0.3, -0.25) is 9.78 Å². The highest BCUT2D eigenvalue weighted by molar-refractivity contribution is 7.98. The number of thioether (sulfide) groups is 1. The lowest BCUT2D eigenvalue weighted by Gasteiger charge is -2.14. The van der Waals surface area contributed by atoms with Crippen LogP contribution in [0.1, 0.15) is 22.5 Å². The van der Waals surface area contributed by atoms with E-state index < -0.39 is 17.9 Å². The van der Waals surface area contributed by atoms with E-state index in [0.29, 0.717) is 17.9 Å². The summed E-state index contributed by atoms with van der Waals surface area (Å²) in [6.07, 6.45) is 3.58. The smallest absolute Gasteiger partial charge is 0.326 e. The first-order chi connectivity index (χ1) is 8.95. The zero-order valence-electron chi connectivity index (χ0n) is 10.6. The van der Waals surface area contributed by atoms with Crippen molar-refractivity contribution >= 4 is 35.2 Å². The third-order valence-corrected chi connectivity index (χ3v) is 3.41. The molecule has 0 unspecified atom stereocenters. The number of carbonyl (C=O) groups excluding carboxylic acids is 1. The largest absolute Gasteiger partial charge is 0.480 e. The molecule has 104 valence electrons. The molecule has 1 atom stereocenters. The van der Waals surface area contributed by atoms with E-state index in [4.69, 9.17) is 16.7 Å². The normalized spacial score (nSPS) is 11.9. The lowest BCUT2D eigenvalue weighted by Crippen LogP contribution is -2.41. The third kappa shape index (κ3) is 4.72. The molecule has 1 aromatic heterocycles. The SMILES string of the molecule is CSCC[C@H](NC(=O)c1cnc(C)cc1Cl)C(=O)O. The minimum absolute atomic E-state index is 0.183. The monoisotopic (exact) mass is 302 g/mol. The van der Waals surface area contributed by atoms with Crippen molar-refractivity contribution in [2.75, 3.05) is 12.0 Å². The van der Waals surface area contributed by atoms with E-state index >= 15 is 0 Å². The van der Waals surface area contributed by atoms with Gasteiger partial charge in [0.1, 0.15) is 6.04 Å². The van der Waals surface area contributed by atoms with Crippen LogP contribution in [0, 0.1) is 6.92 Å². The Morgan fingerprint density at radius 1 is 1.58 bits per heavy atom. The standard InChI is InChI=1S/C12H15ClN2O3S/c1-7-5-9(13)8(6-14-7)11(16)15-10(12(17)18)3-4-19-2/h5-6,10H,3-4H2,1-2H3,(H,15,16)(H,17,18)/t10-/m0/s1. The van der Waals surface area contributed by atoms with Crippen molar-refractivity contribution in [3.8, 4) is 0 Å². The Bertz CT molecular complexity index is 482. The number of carboxylic acids is 1. The molecule has 0 saturated heterocycles. The van der Waals surface area contributed by atoms with Gasteiger partial charge in [-0.2, -0.15) is 11.8 Å². The molecule has 1 aromatic rings. The molecular weight excluding hydrogens is 288 g/mol. The number of aliphatic carboxylic acids is 1. The molecule has 1 rings (SSSR count). The maximum Gasteiger partial charge on any atom is 0.326 e. The highest BCUT2D eigenvalue weighted by atomic mass is 35.5. The van der Waals surface area contributed by atoms with E-state index in [1.54, 1.807) is 13.0 Å². The predicted molar refractivity (Wildman–Crippen MR) is 75.9 cm³/mol. The summed E-state index contributed by atoms with van der Waals surface area (Å²) in [4.78, 5) is 27.0. The highest BCUT2D eigenvalue weighted by Gasteiger charge is 2.21. The molecule has 2 N–H and O–H groups in total. The first kappa shape index (κ1) is 15.8. The van der Waals surface area contributed by atoms with Crippen molar-refractivity contribution in [3.63, 3.8) is 0 Å². The molecule has 0 fully saturated rings. The van der Waals surface area contributed by atoms with Crippen molar-refractivity contribution in [1.29, 1.82) is 0 Å². The fraction of sp³-hybridized carbons (Fsp3) is 0.417. The van der Waals surface area contributed by atoms with Crippen LogP contribution in [0.3, 0.4) is 0 Å². The summed E-state index contributed by atoms with van der Waals surface area (Å²) in [7, 11) is 0. The number of nitrogens with one attached hydrogen (secondary N) is 1. The Morgan fingerprint density at radius 3 is 2.79 bits per heavy atom. The number of carboxylic acid groups (broad SMARTS) is 1. The molecule has 5 nitrogen and oxygen atoms in total. The number of aromatic nitrogens is 1. The number of rotatable bonds is 6. The quantitative estimate of drug-likeness (QED) is 0.840. The summed E-state index contributed by atoms with van der Waals surface area (Å²) in [5.41, 5.74) is 0.876. The Balaban J connectivity index is 2.78. The molecule has 0 aliphatic carbocycles. The topological polar surface area (TPSA) is 79.3 Å². The van der Waals surface area contributed by atoms with Gasteiger partial charge in [-0.15, -0.1) is 0 Å². The van der Waals surface area contributed by atoms with Crippen molar-refractivity contribution in [3.05, 3.63) is 28.5 Å². The first-order valence-corrected chi connectivity index (χ1v) is 7.37. The summed E-state index contributed by atoms with van der Waals surface area (Å²) in [5, 5.41) is 11.8. The van der Waals surface area contributed by atoms with E-state index in [2.05, 4.69) is 10.3 Å². The molecule has 0 aromatic carbocycles. The van der Waals surface area contributed by atoms with Gasteiger partial charge in [0, 0.05) is 11.9 Å². The Kier molecular flexibility index (Phi) is 6.11. The fourth-order valence-electron chi connectivity index (χ4n) is 1.42. The fourth-order valence-corrected chi connectivity index (χ4v) is 2.19. The lowest BCUT2D eigenvalue weighted by atomic mass is 10.2. The zero-order valence-corrected chi connectivity index (χ0v) is 12.2. The third-order valence-electron chi connectivity index (χ3n) is 2.45. The van der Waals surface area contributed by atoms with Gasteiger partial charge in [0.05, 0.1) is 10.6 Å². The number of amides is 1. The molecule has 0 bridgehead atoms. The molecule has 0 radical (unpaired) electrons. The van der Waals surface area contributed by atoms with E-state index in [9.17, 15) is 9.59 Å². The summed E-state index contributed by atoms with van der Waals surface area (Å²) in [6.45, 7) is 1.76. The number of carbonyl (C=O) groups is 2. The van der Waals surface area contributed by atoms with Gasteiger partial charge in [0.15, 0.2) is 0 Å². The summed E-state index contributed by atoms with van der Waals surface area (Å²) in [5.74, 6) is -0.929. The van der Waals surface area contributed by atoms with Gasteiger partial charge >= 0.3 is 5.97 Å². The van der Waals surface area contributed by atoms with E-state index in [-0.39, 0.29) is 10.6 Å². The van der Waals surface area contributed by atoms with Gasteiger partial charge in [0.2, 0.25) is 0 Å². The zero-order chi connectivity index (χ0) is 14.4. The van der Waals surface area contributed by atoms with Gasteiger partial charge < -0.3 is 10.4 Å². The average molecular weight is 303 g/mol. The van der Waals surface area contributed by atoms with Gasteiger partial charge in [0.25, 0.3) is 5.91 Å². The molecule has 19 heavy (non-hydrogen) atoms. The first-order valence-electron chi connectivity index (χ1n) is 5.60. The van der Waals surface area contributed by atoms with Crippen LogP contribution in [0.5, 0.6) is 0 Å². The summed E-state index contributed by atoms with van der Waals surface area (Å²) < 4.78 is 0. The van der Waals surface area contributed by atoms with Crippen molar-refractivity contribution in [2.24, 2.45) is 0 Å². The highest BCUT2D eigenvalue weighted by Crippen LogP contribution is 2.16. The summed E-state index contributed by atoms with van der Waals surface area (Å²) in [6, 6.07) is 0.644. The second kappa shape index (κ2) is 7.35. The second-order valence-corrected chi connectivity index (χ2v) is 5.34. The minimum atomic E-state index is -1.06. The second-order valence-electron chi connectivity index (χ2n) is 3.95. The number of nitrogens with zero attached hydrogens (tertiary/aromatic N) is 1. The summed E-state index contributed by atoms with van der Waals surface area (Å²) >= 11 is 7.46. The number of hydrogen-bond donors (Lipinski definition) is 2. The Hall–Kier alpha value is -1.27. The van der Waals surface area contributed by atoms with E-state index in [1.165, 1.54) is 18.0 Å². The number of hydrogen-bond acceptors (Lipinski definition) is 4. The van der Waals surface area contributed by atoms with Crippen LogP contribution >= 0.6 is 23.4 Å². The van der Waals surface area contributed by atoms with E-state index in [0.717, 1.165) is 0 Å². The molecule has 0 aliphatic heterocycles. The van der Waals surface area contributed by atoms with Crippen molar-refractivity contribution < 1.29 is 14.7 Å². The number of aryl methyl sites for hydroxylation is 1. The van der Waals surface area contributed by atoms with Gasteiger partial charge in [-0.05, 0) is 31.4 Å². The number of halogens is 1. The van der Waals surface area contributed by atoms with Gasteiger partial charge in [-0.1, -0.05) is 11.6 Å². The van der Waals surface area contributed by atoms with Crippen LogP contribution in [0.15, 0.2) is 12.3 Å². The molecule has 0 saturated carbocycles. The molecule has 1 heterocycles. The van der Waals surface area contributed by atoms with Crippen LogP contribution in [0.4, 0.5) is 0 Å². The predicted octanol–water partition coefficient (Wildman–Crippen LogP) is 1.98. The maximum absolute atomic E-state index is 11.9. The van der Waals surface area contributed by atoms with Crippen LogP contribution in [0.2, 0.25) is 5.02 Å². The molecule has 7 heteroatoms. The van der Waals surface area contributed by atoms with E-state index in [1.807, 2.05) is 6.26 Å².